The standard InChI is InChI=1S/C10H22N2O2S/c1-2-6-11-7-8-12-15(13,14)9-5-10-3-4-10/h10-12H,2-9H2,1H3. The van der Waals surface area contributed by atoms with Crippen molar-refractivity contribution in [1.82, 2.24) is 10.0 Å². The lowest BCUT2D eigenvalue weighted by atomic mass is 10.3. The predicted molar refractivity (Wildman–Crippen MR) is 62.3 cm³/mol. The third kappa shape index (κ3) is 6.87. The molecule has 0 unspecified atom stereocenters. The van der Waals surface area contributed by atoms with Gasteiger partial charge in [0.05, 0.1) is 5.75 Å². The van der Waals surface area contributed by atoms with Crippen LogP contribution in [0.3, 0.4) is 0 Å². The van der Waals surface area contributed by atoms with Crippen molar-refractivity contribution in [2.24, 2.45) is 5.92 Å². The first-order valence-corrected chi connectivity index (χ1v) is 7.47. The second-order valence-electron chi connectivity index (χ2n) is 4.20. The van der Waals surface area contributed by atoms with Gasteiger partial charge in [-0.15, -0.1) is 0 Å². The quantitative estimate of drug-likeness (QED) is 0.578. The molecule has 0 aliphatic heterocycles. The smallest absolute Gasteiger partial charge is 0.211 e. The molecule has 0 saturated heterocycles. The van der Waals surface area contributed by atoms with Crippen molar-refractivity contribution in [3.63, 3.8) is 0 Å². The van der Waals surface area contributed by atoms with Gasteiger partial charge in [-0.3, -0.25) is 0 Å². The fourth-order valence-electron chi connectivity index (χ4n) is 1.40. The summed E-state index contributed by atoms with van der Waals surface area (Å²) in [6.07, 6.45) is 4.34. The molecule has 0 radical (unpaired) electrons. The molecule has 1 aliphatic rings. The molecule has 1 saturated carbocycles. The zero-order chi connectivity index (χ0) is 11.1. The molecule has 1 fully saturated rings. The molecule has 5 heteroatoms. The summed E-state index contributed by atoms with van der Waals surface area (Å²) < 4.78 is 25.5. The van der Waals surface area contributed by atoms with Crippen LogP contribution in [-0.4, -0.2) is 33.8 Å². The van der Waals surface area contributed by atoms with Gasteiger partial charge in [0.1, 0.15) is 0 Å². The highest BCUT2D eigenvalue weighted by Crippen LogP contribution is 2.32. The van der Waals surface area contributed by atoms with Crippen LogP contribution in [-0.2, 0) is 10.0 Å². The molecule has 0 heterocycles. The van der Waals surface area contributed by atoms with E-state index in [1.54, 1.807) is 0 Å². The molecule has 1 rings (SSSR count). The zero-order valence-corrected chi connectivity index (χ0v) is 10.3. The summed E-state index contributed by atoms with van der Waals surface area (Å²) in [5.41, 5.74) is 0. The number of nitrogens with one attached hydrogen (secondary N) is 2. The highest BCUT2D eigenvalue weighted by molar-refractivity contribution is 7.89. The first-order valence-electron chi connectivity index (χ1n) is 5.82. The van der Waals surface area contributed by atoms with Crippen LogP contribution < -0.4 is 10.0 Å². The first-order chi connectivity index (χ1) is 7.14. The van der Waals surface area contributed by atoms with Gasteiger partial charge in [0.15, 0.2) is 0 Å². The van der Waals surface area contributed by atoms with E-state index < -0.39 is 10.0 Å². The van der Waals surface area contributed by atoms with Crippen LogP contribution in [0.5, 0.6) is 0 Å². The summed E-state index contributed by atoms with van der Waals surface area (Å²) in [5, 5.41) is 3.16. The molecular formula is C10H22N2O2S. The molecule has 1 aliphatic carbocycles. The minimum absolute atomic E-state index is 0.297. The third-order valence-electron chi connectivity index (χ3n) is 2.54. The summed E-state index contributed by atoms with van der Waals surface area (Å²) >= 11 is 0. The molecule has 0 aromatic heterocycles. The predicted octanol–water partition coefficient (Wildman–Crippen LogP) is 0.706. The van der Waals surface area contributed by atoms with Gasteiger partial charge in [0, 0.05) is 13.1 Å². The molecular weight excluding hydrogens is 212 g/mol. The molecule has 0 amide bonds. The van der Waals surface area contributed by atoms with Crippen LogP contribution in [0.25, 0.3) is 0 Å². The summed E-state index contributed by atoms with van der Waals surface area (Å²) in [6, 6.07) is 0. The minimum atomic E-state index is -3.01. The van der Waals surface area contributed by atoms with Crippen molar-refractivity contribution >= 4 is 10.0 Å². The van der Waals surface area contributed by atoms with E-state index in [0.717, 1.165) is 25.9 Å². The Hall–Kier alpha value is -0.130. The van der Waals surface area contributed by atoms with Gasteiger partial charge in [-0.2, -0.15) is 0 Å². The Morgan fingerprint density at radius 1 is 1.20 bits per heavy atom. The molecule has 15 heavy (non-hydrogen) atoms. The Labute approximate surface area is 92.9 Å². The average molecular weight is 234 g/mol. The summed E-state index contributed by atoms with van der Waals surface area (Å²) in [6.45, 7) is 4.26. The van der Waals surface area contributed by atoms with Gasteiger partial charge < -0.3 is 5.32 Å². The molecule has 0 atom stereocenters. The first kappa shape index (κ1) is 12.9. The zero-order valence-electron chi connectivity index (χ0n) is 9.46. The van der Waals surface area contributed by atoms with Crippen molar-refractivity contribution < 1.29 is 8.42 Å². The van der Waals surface area contributed by atoms with E-state index in [9.17, 15) is 8.42 Å². The summed E-state index contributed by atoms with van der Waals surface area (Å²) in [5.74, 6) is 0.977. The largest absolute Gasteiger partial charge is 0.315 e. The molecule has 0 aromatic carbocycles. The molecule has 0 aromatic rings. The van der Waals surface area contributed by atoms with Gasteiger partial charge in [-0.1, -0.05) is 19.8 Å². The maximum atomic E-state index is 11.5. The van der Waals surface area contributed by atoms with E-state index in [1.807, 2.05) is 0 Å². The fraction of sp³-hybridized carbons (Fsp3) is 1.00. The van der Waals surface area contributed by atoms with E-state index in [1.165, 1.54) is 12.8 Å². The van der Waals surface area contributed by atoms with Crippen LogP contribution in [0.4, 0.5) is 0 Å². The topological polar surface area (TPSA) is 58.2 Å². The molecule has 0 spiro atoms. The lowest BCUT2D eigenvalue weighted by Crippen LogP contribution is -2.33. The van der Waals surface area contributed by atoms with Crippen LogP contribution in [0.2, 0.25) is 0 Å². The number of hydrogen-bond donors (Lipinski definition) is 2. The van der Waals surface area contributed by atoms with Crippen LogP contribution >= 0.6 is 0 Å². The van der Waals surface area contributed by atoms with Gasteiger partial charge in [-0.25, -0.2) is 13.1 Å². The Morgan fingerprint density at radius 3 is 2.53 bits per heavy atom. The summed E-state index contributed by atoms with van der Waals surface area (Å²) in [4.78, 5) is 0. The molecule has 4 nitrogen and oxygen atoms in total. The lowest BCUT2D eigenvalue weighted by Gasteiger charge is -2.06. The number of rotatable bonds is 9. The number of sulfonamides is 1. The molecule has 0 bridgehead atoms. The Morgan fingerprint density at radius 2 is 1.93 bits per heavy atom. The van der Waals surface area contributed by atoms with Gasteiger partial charge >= 0.3 is 0 Å². The maximum absolute atomic E-state index is 11.5. The van der Waals surface area contributed by atoms with Crippen LogP contribution in [0, 0.1) is 5.92 Å². The average Bonchev–Trinajstić information content (AvgIpc) is 2.98. The highest BCUT2D eigenvalue weighted by atomic mass is 32.2. The third-order valence-corrected chi connectivity index (χ3v) is 3.96. The number of hydrogen-bond acceptors (Lipinski definition) is 3. The van der Waals surface area contributed by atoms with Crippen molar-refractivity contribution in [2.75, 3.05) is 25.4 Å². The Balaban J connectivity index is 2.01. The van der Waals surface area contributed by atoms with Crippen LogP contribution in [0.1, 0.15) is 32.6 Å². The fourth-order valence-corrected chi connectivity index (χ4v) is 2.60. The van der Waals surface area contributed by atoms with Crippen molar-refractivity contribution in [1.29, 1.82) is 0 Å². The lowest BCUT2D eigenvalue weighted by molar-refractivity contribution is 0.570. The highest BCUT2D eigenvalue weighted by Gasteiger charge is 2.23. The normalized spacial score (nSPS) is 16.9. The van der Waals surface area contributed by atoms with E-state index in [2.05, 4.69) is 17.0 Å². The monoisotopic (exact) mass is 234 g/mol. The second-order valence-corrected chi connectivity index (χ2v) is 6.12. The van der Waals surface area contributed by atoms with Crippen molar-refractivity contribution in [3.8, 4) is 0 Å². The van der Waals surface area contributed by atoms with Gasteiger partial charge in [0.2, 0.25) is 10.0 Å². The SMILES string of the molecule is CCCNCCNS(=O)(=O)CCC1CC1. The second kappa shape index (κ2) is 6.45. The Bertz CT molecular complexity index is 261. The van der Waals surface area contributed by atoms with Crippen LogP contribution in [0.15, 0.2) is 0 Å². The molecule has 90 valence electrons. The minimum Gasteiger partial charge on any atom is -0.315 e. The molecule has 2 N–H and O–H groups in total. The van der Waals surface area contributed by atoms with Crippen molar-refractivity contribution in [3.05, 3.63) is 0 Å². The van der Waals surface area contributed by atoms with E-state index in [-0.39, 0.29) is 0 Å². The maximum Gasteiger partial charge on any atom is 0.211 e. The van der Waals surface area contributed by atoms with E-state index in [0.29, 0.717) is 18.2 Å². The van der Waals surface area contributed by atoms with Gasteiger partial charge in [-0.05, 0) is 25.3 Å². The van der Waals surface area contributed by atoms with Crippen molar-refractivity contribution in [2.45, 2.75) is 32.6 Å². The van der Waals surface area contributed by atoms with E-state index >= 15 is 0 Å². The Kier molecular flexibility index (Phi) is 5.56. The summed E-state index contributed by atoms with van der Waals surface area (Å²) in [7, 11) is -3.01. The van der Waals surface area contributed by atoms with E-state index in [4.69, 9.17) is 0 Å². The van der Waals surface area contributed by atoms with Gasteiger partial charge in [0.25, 0.3) is 0 Å².